The predicted octanol–water partition coefficient (Wildman–Crippen LogP) is 5.16. The first-order valence-corrected chi connectivity index (χ1v) is 9.66. The number of anilines is 1. The SMILES string of the molecule is CCN(CCCC(C)Nc1ccnc2cc(Cl)ccc12)CCOI. The largest absolute Gasteiger partial charge is 0.382 e. The van der Waals surface area contributed by atoms with Crippen LogP contribution >= 0.6 is 34.6 Å². The monoisotopic (exact) mass is 461 g/mol. The van der Waals surface area contributed by atoms with Crippen molar-refractivity contribution in [1.82, 2.24) is 9.88 Å². The number of fused-ring (bicyclic) bond motifs is 1. The molecule has 0 aliphatic heterocycles. The molecule has 0 spiro atoms. The Morgan fingerprint density at radius 2 is 2.17 bits per heavy atom. The van der Waals surface area contributed by atoms with E-state index in [1.54, 1.807) is 0 Å². The summed E-state index contributed by atoms with van der Waals surface area (Å²) in [6, 6.07) is 8.29. The summed E-state index contributed by atoms with van der Waals surface area (Å²) in [6.45, 7) is 8.38. The minimum absolute atomic E-state index is 0.408. The molecule has 0 bridgehead atoms. The molecular weight excluding hydrogens is 437 g/mol. The van der Waals surface area contributed by atoms with Crippen LogP contribution in [-0.4, -0.2) is 42.2 Å². The standard InChI is InChI=1S/C18H25ClIN3O/c1-3-23(11-12-24-20)10-4-5-14(2)22-17-8-9-21-18-13-15(19)6-7-16(17)18/h6-9,13-14H,3-5,10-12H2,1-2H3,(H,21,22). The van der Waals surface area contributed by atoms with Crippen molar-refractivity contribution in [1.29, 1.82) is 0 Å². The Bertz CT molecular complexity index is 641. The molecule has 1 N–H and O–H groups in total. The van der Waals surface area contributed by atoms with Gasteiger partial charge in [0.05, 0.1) is 12.1 Å². The van der Waals surface area contributed by atoms with E-state index in [0.717, 1.165) is 60.7 Å². The third kappa shape index (κ3) is 6.02. The van der Waals surface area contributed by atoms with E-state index < -0.39 is 0 Å². The number of hydrogen-bond acceptors (Lipinski definition) is 4. The predicted molar refractivity (Wildman–Crippen MR) is 111 cm³/mol. The topological polar surface area (TPSA) is 37.4 Å². The smallest absolute Gasteiger partial charge is 0.109 e. The van der Waals surface area contributed by atoms with E-state index >= 15 is 0 Å². The van der Waals surface area contributed by atoms with E-state index in [1.807, 2.05) is 53.5 Å². The van der Waals surface area contributed by atoms with E-state index in [-0.39, 0.29) is 0 Å². The van der Waals surface area contributed by atoms with Crippen LogP contribution in [0.2, 0.25) is 5.02 Å². The number of benzene rings is 1. The van der Waals surface area contributed by atoms with Crippen molar-refractivity contribution in [2.24, 2.45) is 0 Å². The maximum Gasteiger partial charge on any atom is 0.109 e. The van der Waals surface area contributed by atoms with Crippen molar-refractivity contribution in [2.45, 2.75) is 32.7 Å². The molecule has 2 aromatic rings. The zero-order valence-electron chi connectivity index (χ0n) is 14.3. The molecule has 0 amide bonds. The third-order valence-electron chi connectivity index (χ3n) is 4.15. The van der Waals surface area contributed by atoms with Crippen molar-refractivity contribution in [2.75, 3.05) is 31.6 Å². The van der Waals surface area contributed by atoms with Gasteiger partial charge in [-0.2, -0.15) is 0 Å². The molecule has 2 rings (SSSR count). The van der Waals surface area contributed by atoms with Crippen LogP contribution in [0.15, 0.2) is 30.5 Å². The van der Waals surface area contributed by atoms with E-state index in [4.69, 9.17) is 14.7 Å². The van der Waals surface area contributed by atoms with Gasteiger partial charge in [0.15, 0.2) is 0 Å². The molecule has 1 atom stereocenters. The van der Waals surface area contributed by atoms with Gasteiger partial charge in [-0.05, 0) is 57.1 Å². The zero-order chi connectivity index (χ0) is 17.4. The van der Waals surface area contributed by atoms with E-state index in [0.29, 0.717) is 6.04 Å². The Morgan fingerprint density at radius 1 is 1.33 bits per heavy atom. The molecule has 1 unspecified atom stereocenters. The zero-order valence-corrected chi connectivity index (χ0v) is 17.2. The summed E-state index contributed by atoms with van der Waals surface area (Å²) < 4.78 is 5.13. The molecular formula is C18H25ClIN3O. The molecule has 132 valence electrons. The highest BCUT2D eigenvalue weighted by Gasteiger charge is 2.08. The first-order valence-electron chi connectivity index (χ1n) is 8.40. The van der Waals surface area contributed by atoms with Crippen molar-refractivity contribution in [3.8, 4) is 0 Å². The van der Waals surface area contributed by atoms with Gasteiger partial charge >= 0.3 is 0 Å². The second-order valence-electron chi connectivity index (χ2n) is 5.96. The van der Waals surface area contributed by atoms with Gasteiger partial charge in [0, 0.05) is 34.9 Å². The van der Waals surface area contributed by atoms with Crippen molar-refractivity contribution in [3.63, 3.8) is 0 Å². The lowest BCUT2D eigenvalue weighted by molar-refractivity contribution is 0.242. The molecule has 24 heavy (non-hydrogen) atoms. The molecule has 0 radical (unpaired) electrons. The lowest BCUT2D eigenvalue weighted by Crippen LogP contribution is -2.29. The second-order valence-corrected chi connectivity index (χ2v) is 7.01. The number of nitrogens with zero attached hydrogens (tertiary/aromatic N) is 2. The highest BCUT2D eigenvalue weighted by molar-refractivity contribution is 14.1. The van der Waals surface area contributed by atoms with Gasteiger partial charge in [-0.3, -0.25) is 4.98 Å². The molecule has 1 heterocycles. The van der Waals surface area contributed by atoms with Crippen LogP contribution in [0.5, 0.6) is 0 Å². The number of likely N-dealkylation sites (N-methyl/N-ethyl adjacent to an activating group) is 1. The maximum absolute atomic E-state index is 6.05. The summed E-state index contributed by atoms with van der Waals surface area (Å²) in [6.07, 6.45) is 4.12. The van der Waals surface area contributed by atoms with E-state index in [9.17, 15) is 0 Å². The van der Waals surface area contributed by atoms with Crippen LogP contribution in [0.25, 0.3) is 10.9 Å². The van der Waals surface area contributed by atoms with Gasteiger partial charge < -0.3 is 13.3 Å². The Balaban J connectivity index is 1.87. The third-order valence-corrected chi connectivity index (χ3v) is 4.83. The fourth-order valence-electron chi connectivity index (χ4n) is 2.80. The normalized spacial score (nSPS) is 12.7. The summed E-state index contributed by atoms with van der Waals surface area (Å²) in [4.78, 5) is 6.82. The second kappa shape index (κ2) is 10.4. The maximum atomic E-state index is 6.05. The quantitative estimate of drug-likeness (QED) is 0.496. The first-order chi connectivity index (χ1) is 11.6. The van der Waals surface area contributed by atoms with Crippen LogP contribution < -0.4 is 5.32 Å². The summed E-state index contributed by atoms with van der Waals surface area (Å²) in [5.41, 5.74) is 2.05. The van der Waals surface area contributed by atoms with Gasteiger partial charge in [-0.1, -0.05) is 18.5 Å². The van der Waals surface area contributed by atoms with Gasteiger partial charge in [-0.25, -0.2) is 0 Å². The van der Waals surface area contributed by atoms with E-state index in [1.165, 1.54) is 0 Å². The number of pyridine rings is 1. The Morgan fingerprint density at radius 3 is 2.92 bits per heavy atom. The van der Waals surface area contributed by atoms with Crippen molar-refractivity contribution < 1.29 is 3.07 Å². The van der Waals surface area contributed by atoms with Crippen LogP contribution in [-0.2, 0) is 3.07 Å². The molecule has 0 aliphatic carbocycles. The Kier molecular flexibility index (Phi) is 8.52. The fraction of sp³-hybridized carbons (Fsp3) is 0.500. The number of nitrogens with one attached hydrogen (secondary N) is 1. The van der Waals surface area contributed by atoms with E-state index in [2.05, 4.69) is 29.0 Å². The molecule has 6 heteroatoms. The number of rotatable bonds is 10. The lowest BCUT2D eigenvalue weighted by Gasteiger charge is -2.21. The number of halogens is 2. The number of hydrogen-bond donors (Lipinski definition) is 1. The van der Waals surface area contributed by atoms with Gasteiger partial charge in [0.1, 0.15) is 23.0 Å². The Labute approximate surface area is 163 Å². The summed E-state index contributed by atoms with van der Waals surface area (Å²) in [5, 5.41) is 5.44. The molecule has 1 aromatic heterocycles. The van der Waals surface area contributed by atoms with Crippen molar-refractivity contribution >= 4 is 51.2 Å². The first kappa shape index (κ1) is 19.7. The van der Waals surface area contributed by atoms with Crippen LogP contribution in [0.4, 0.5) is 5.69 Å². The minimum atomic E-state index is 0.408. The lowest BCUT2D eigenvalue weighted by atomic mass is 10.1. The number of aromatic nitrogens is 1. The van der Waals surface area contributed by atoms with Crippen LogP contribution in [0.1, 0.15) is 26.7 Å². The van der Waals surface area contributed by atoms with Gasteiger partial charge in [0.2, 0.25) is 0 Å². The highest BCUT2D eigenvalue weighted by atomic mass is 127. The summed E-state index contributed by atoms with van der Waals surface area (Å²) in [7, 11) is 0. The molecule has 1 aromatic carbocycles. The average molecular weight is 462 g/mol. The van der Waals surface area contributed by atoms with Gasteiger partial charge in [0.25, 0.3) is 0 Å². The molecule has 0 aliphatic rings. The van der Waals surface area contributed by atoms with Crippen LogP contribution in [0.3, 0.4) is 0 Å². The molecule has 0 fully saturated rings. The van der Waals surface area contributed by atoms with Gasteiger partial charge in [-0.15, -0.1) is 0 Å². The Hall–Kier alpha value is -0.630. The van der Waals surface area contributed by atoms with Crippen molar-refractivity contribution in [3.05, 3.63) is 35.5 Å². The fourth-order valence-corrected chi connectivity index (χ4v) is 3.16. The average Bonchev–Trinajstić information content (AvgIpc) is 2.57. The highest BCUT2D eigenvalue weighted by Crippen LogP contribution is 2.25. The molecule has 0 saturated carbocycles. The molecule has 0 saturated heterocycles. The van der Waals surface area contributed by atoms with Crippen LogP contribution in [0, 0.1) is 0 Å². The summed E-state index contributed by atoms with van der Waals surface area (Å²) in [5.74, 6) is 0. The molecule has 4 nitrogen and oxygen atoms in total. The summed E-state index contributed by atoms with van der Waals surface area (Å²) >= 11 is 8.01. The minimum Gasteiger partial charge on any atom is -0.382 e.